The number of benzene rings is 2. The molecule has 0 bridgehead atoms. The standard InChI is InChI=1S/C44H46S6/c1-3-5-7-9-11-13-15-29-25-31-33-27-43(47-37(33)19-17-35(31)45-29)41-23-21-39(49-41)40-22-24-42(50-40)44-28-34-32-26-30(16-14-12-10-8-6-4-2)46-36(32)18-20-38(34)48-44/h17-28H,3-16H2,1-2H3. The first kappa shape index (κ1) is 34.7. The molecule has 0 aliphatic rings. The summed E-state index contributed by atoms with van der Waals surface area (Å²) in [5.74, 6) is 0. The zero-order valence-corrected chi connectivity index (χ0v) is 34.2. The van der Waals surface area contributed by atoms with Crippen LogP contribution < -0.4 is 0 Å². The highest BCUT2D eigenvalue weighted by molar-refractivity contribution is 7.30. The van der Waals surface area contributed by atoms with Gasteiger partial charge in [0.1, 0.15) is 0 Å². The van der Waals surface area contributed by atoms with Gasteiger partial charge >= 0.3 is 0 Å². The third kappa shape index (κ3) is 7.58. The molecule has 0 spiro atoms. The summed E-state index contributed by atoms with van der Waals surface area (Å²) in [5, 5.41) is 5.76. The van der Waals surface area contributed by atoms with Crippen molar-refractivity contribution in [3.05, 3.63) is 82.6 Å². The summed E-state index contributed by atoms with van der Waals surface area (Å²) in [5.41, 5.74) is 0. The fourth-order valence-electron chi connectivity index (χ4n) is 7.22. The summed E-state index contributed by atoms with van der Waals surface area (Å²) < 4.78 is 5.69. The maximum atomic E-state index is 2.49. The van der Waals surface area contributed by atoms with Crippen molar-refractivity contribution in [3.8, 4) is 29.3 Å². The predicted molar refractivity (Wildman–Crippen MR) is 234 cm³/mol. The van der Waals surface area contributed by atoms with Gasteiger partial charge in [0.15, 0.2) is 0 Å². The molecule has 50 heavy (non-hydrogen) atoms. The molecule has 0 unspecified atom stereocenters. The molecule has 0 fully saturated rings. The summed E-state index contributed by atoms with van der Waals surface area (Å²) in [6.45, 7) is 4.59. The van der Waals surface area contributed by atoms with E-state index in [4.69, 9.17) is 0 Å². The molecule has 0 saturated heterocycles. The van der Waals surface area contributed by atoms with Gasteiger partial charge in [0.05, 0.1) is 0 Å². The maximum absolute atomic E-state index is 2.49. The Morgan fingerprint density at radius 1 is 0.320 bits per heavy atom. The van der Waals surface area contributed by atoms with E-state index in [1.165, 1.54) is 159 Å². The molecule has 0 radical (unpaired) electrons. The molecular weight excluding hydrogens is 721 g/mol. The first-order chi connectivity index (χ1) is 24.7. The van der Waals surface area contributed by atoms with Gasteiger partial charge in [-0.15, -0.1) is 68.0 Å². The summed E-state index contributed by atoms with van der Waals surface area (Å²) in [6.07, 6.45) is 18.8. The molecule has 0 nitrogen and oxygen atoms in total. The highest BCUT2D eigenvalue weighted by Crippen LogP contribution is 2.47. The van der Waals surface area contributed by atoms with Gasteiger partial charge in [-0.05, 0) is 98.5 Å². The molecule has 0 aliphatic heterocycles. The Bertz CT molecular complexity index is 2160. The number of aryl methyl sites for hydroxylation is 2. The predicted octanol–water partition coefficient (Wildman–Crippen LogP) is 17.5. The zero-order chi connectivity index (χ0) is 33.9. The van der Waals surface area contributed by atoms with Crippen molar-refractivity contribution in [2.24, 2.45) is 0 Å². The molecule has 0 atom stereocenters. The Hall–Kier alpha value is -2.32. The molecule has 2 aromatic carbocycles. The third-order valence-electron chi connectivity index (χ3n) is 9.99. The van der Waals surface area contributed by atoms with Crippen LogP contribution in [0, 0.1) is 0 Å². The number of fused-ring (bicyclic) bond motifs is 6. The molecule has 6 aromatic heterocycles. The first-order valence-corrected chi connectivity index (χ1v) is 23.7. The van der Waals surface area contributed by atoms with Gasteiger partial charge in [-0.2, -0.15) is 0 Å². The molecular formula is C44H46S6. The topological polar surface area (TPSA) is 0 Å². The minimum Gasteiger partial charge on any atom is -0.140 e. The van der Waals surface area contributed by atoms with E-state index in [0.717, 1.165) is 0 Å². The summed E-state index contributed by atoms with van der Waals surface area (Å²) >= 11 is 11.8. The molecule has 0 aliphatic carbocycles. The minimum absolute atomic E-state index is 1.22. The van der Waals surface area contributed by atoms with Crippen molar-refractivity contribution in [2.45, 2.75) is 104 Å². The number of hydrogen-bond donors (Lipinski definition) is 0. The van der Waals surface area contributed by atoms with Crippen molar-refractivity contribution in [3.63, 3.8) is 0 Å². The Balaban J connectivity index is 0.965. The van der Waals surface area contributed by atoms with Gasteiger partial charge in [-0.1, -0.05) is 78.1 Å². The third-order valence-corrected chi connectivity index (χ3v) is 17.3. The second-order valence-electron chi connectivity index (χ2n) is 13.8. The lowest BCUT2D eigenvalue weighted by Gasteiger charge is -1.98. The second kappa shape index (κ2) is 16.1. The Labute approximate surface area is 321 Å². The van der Waals surface area contributed by atoms with Gasteiger partial charge in [0.25, 0.3) is 0 Å². The molecule has 6 heterocycles. The average molecular weight is 767 g/mol. The van der Waals surface area contributed by atoms with Crippen LogP contribution in [0.3, 0.4) is 0 Å². The van der Waals surface area contributed by atoms with E-state index in [-0.39, 0.29) is 0 Å². The lowest BCUT2D eigenvalue weighted by atomic mass is 10.1. The van der Waals surface area contributed by atoms with Crippen molar-refractivity contribution in [2.75, 3.05) is 0 Å². The van der Waals surface area contributed by atoms with Gasteiger partial charge in [0.2, 0.25) is 0 Å². The molecule has 8 rings (SSSR count). The van der Waals surface area contributed by atoms with Crippen LogP contribution in [-0.2, 0) is 12.8 Å². The maximum Gasteiger partial charge on any atom is 0.0455 e. The van der Waals surface area contributed by atoms with E-state index in [1.807, 2.05) is 68.0 Å². The van der Waals surface area contributed by atoms with Crippen molar-refractivity contribution in [1.82, 2.24) is 0 Å². The molecule has 8 aromatic rings. The van der Waals surface area contributed by atoms with Crippen LogP contribution in [0.15, 0.2) is 72.8 Å². The van der Waals surface area contributed by atoms with E-state index in [2.05, 4.69) is 86.6 Å². The van der Waals surface area contributed by atoms with Crippen LogP contribution in [0.4, 0.5) is 0 Å². The van der Waals surface area contributed by atoms with Gasteiger partial charge in [-0.3, -0.25) is 0 Å². The highest BCUT2D eigenvalue weighted by Gasteiger charge is 2.16. The Kier molecular flexibility index (Phi) is 11.2. The van der Waals surface area contributed by atoms with Gasteiger partial charge < -0.3 is 0 Å². The molecule has 0 amide bonds. The van der Waals surface area contributed by atoms with E-state index < -0.39 is 0 Å². The lowest BCUT2D eigenvalue weighted by Crippen LogP contribution is -1.82. The molecule has 258 valence electrons. The quantitative estimate of drug-likeness (QED) is 0.0810. The smallest absolute Gasteiger partial charge is 0.0455 e. The van der Waals surface area contributed by atoms with Crippen LogP contribution in [0.25, 0.3) is 69.6 Å². The summed E-state index contributed by atoms with van der Waals surface area (Å²) in [6, 6.07) is 28.7. The number of unbranched alkanes of at least 4 members (excludes halogenated alkanes) is 10. The minimum atomic E-state index is 1.22. The fraction of sp³-hybridized carbons (Fsp3) is 0.364. The zero-order valence-electron chi connectivity index (χ0n) is 29.3. The SMILES string of the molecule is CCCCCCCCc1cc2c(ccc3sc(-c4ccc(-c5ccc(-c6cc7c(ccc8sc(CCCCCCCC)cc87)s6)s5)s4)cc32)s1. The van der Waals surface area contributed by atoms with Crippen LogP contribution in [0.2, 0.25) is 0 Å². The van der Waals surface area contributed by atoms with E-state index in [9.17, 15) is 0 Å². The van der Waals surface area contributed by atoms with Crippen LogP contribution >= 0.6 is 68.0 Å². The van der Waals surface area contributed by atoms with Crippen LogP contribution in [0.1, 0.15) is 101 Å². The van der Waals surface area contributed by atoms with E-state index in [1.54, 1.807) is 9.75 Å². The fourth-order valence-corrected chi connectivity index (χ4v) is 13.9. The van der Waals surface area contributed by atoms with Gasteiger partial charge in [0, 0.05) is 79.4 Å². The van der Waals surface area contributed by atoms with Crippen molar-refractivity contribution < 1.29 is 0 Å². The number of rotatable bonds is 17. The monoisotopic (exact) mass is 766 g/mol. The normalized spacial score (nSPS) is 12.1. The van der Waals surface area contributed by atoms with E-state index in [0.29, 0.717) is 0 Å². The van der Waals surface area contributed by atoms with Gasteiger partial charge in [-0.25, -0.2) is 0 Å². The van der Waals surface area contributed by atoms with Crippen LogP contribution in [-0.4, -0.2) is 0 Å². The van der Waals surface area contributed by atoms with E-state index >= 15 is 0 Å². The summed E-state index contributed by atoms with van der Waals surface area (Å²) in [4.78, 5) is 11.4. The first-order valence-electron chi connectivity index (χ1n) is 18.8. The van der Waals surface area contributed by atoms with Crippen molar-refractivity contribution in [1.29, 1.82) is 0 Å². The second-order valence-corrected chi connectivity index (χ2v) is 20.5. The van der Waals surface area contributed by atoms with Crippen LogP contribution in [0.5, 0.6) is 0 Å². The molecule has 0 N–H and O–H groups in total. The molecule has 0 saturated carbocycles. The summed E-state index contributed by atoms with van der Waals surface area (Å²) in [7, 11) is 0. The van der Waals surface area contributed by atoms with Crippen molar-refractivity contribution >= 4 is 108 Å². The highest BCUT2D eigenvalue weighted by atomic mass is 32.1. The Morgan fingerprint density at radius 3 is 1.08 bits per heavy atom. The largest absolute Gasteiger partial charge is 0.140 e. The average Bonchev–Trinajstić information content (AvgIpc) is 3.96. The number of thiophene rings is 6. The lowest BCUT2D eigenvalue weighted by molar-refractivity contribution is 0.609. The molecule has 6 heteroatoms. The number of hydrogen-bond acceptors (Lipinski definition) is 6. The Morgan fingerprint density at radius 2 is 0.660 bits per heavy atom.